The fourth-order valence-electron chi connectivity index (χ4n) is 3.57. The zero-order valence-corrected chi connectivity index (χ0v) is 19.3. The minimum absolute atomic E-state index is 0.0829. The second-order valence-electron chi connectivity index (χ2n) is 7.48. The molecule has 1 aliphatic heterocycles. The number of nitrogens with one attached hydrogen (secondary N) is 1. The third-order valence-electron chi connectivity index (χ3n) is 5.29. The maximum absolute atomic E-state index is 13.5. The van der Waals surface area contributed by atoms with Crippen molar-refractivity contribution in [1.29, 1.82) is 0 Å². The second-order valence-corrected chi connectivity index (χ2v) is 9.34. The number of hydrogen-bond donors (Lipinski definition) is 1. The molecule has 1 atom stereocenters. The van der Waals surface area contributed by atoms with Gasteiger partial charge in [-0.05, 0) is 61.0 Å². The Balaban J connectivity index is 1.66. The molecule has 172 valence electrons. The Morgan fingerprint density at radius 3 is 2.45 bits per heavy atom. The molecule has 9 heteroatoms. The molecule has 8 nitrogen and oxygen atoms in total. The Morgan fingerprint density at radius 1 is 1.03 bits per heavy atom. The minimum atomic E-state index is -3.97. The molecule has 0 saturated carbocycles. The number of rotatable bonds is 6. The van der Waals surface area contributed by atoms with Crippen LogP contribution in [0.2, 0.25) is 0 Å². The van der Waals surface area contributed by atoms with Crippen molar-refractivity contribution >= 4 is 27.3 Å². The summed E-state index contributed by atoms with van der Waals surface area (Å²) in [7, 11) is -0.947. The Bertz CT molecular complexity index is 1270. The predicted octanol–water partition coefficient (Wildman–Crippen LogP) is 3.61. The fourth-order valence-corrected chi connectivity index (χ4v) is 5.05. The summed E-state index contributed by atoms with van der Waals surface area (Å²) >= 11 is 0. The van der Waals surface area contributed by atoms with Crippen LogP contribution in [0, 0.1) is 6.92 Å². The number of fused-ring (bicyclic) bond motifs is 1. The van der Waals surface area contributed by atoms with Gasteiger partial charge in [0.1, 0.15) is 17.2 Å². The van der Waals surface area contributed by atoms with Crippen LogP contribution < -0.4 is 23.8 Å². The SMILES string of the molecule is COc1ccc(S(=O)(=O)N2C[C@H](C(=O)Nc3cc(C)ccc3OC)Oc3ccccc32)cc1. The van der Waals surface area contributed by atoms with Gasteiger partial charge >= 0.3 is 0 Å². The van der Waals surface area contributed by atoms with Gasteiger partial charge in [0.25, 0.3) is 15.9 Å². The predicted molar refractivity (Wildman–Crippen MR) is 125 cm³/mol. The first kappa shape index (κ1) is 22.5. The number of sulfonamides is 1. The number of amides is 1. The van der Waals surface area contributed by atoms with Crippen molar-refractivity contribution in [3.63, 3.8) is 0 Å². The molecule has 0 saturated heterocycles. The van der Waals surface area contributed by atoms with Gasteiger partial charge in [0, 0.05) is 0 Å². The summed E-state index contributed by atoms with van der Waals surface area (Å²) in [4.78, 5) is 13.2. The molecule has 1 amide bonds. The smallest absolute Gasteiger partial charge is 0.267 e. The van der Waals surface area contributed by atoms with Gasteiger partial charge in [0.05, 0.1) is 37.0 Å². The lowest BCUT2D eigenvalue weighted by molar-refractivity contribution is -0.122. The maximum atomic E-state index is 13.5. The number of carbonyl (C=O) groups is 1. The molecule has 1 aliphatic rings. The van der Waals surface area contributed by atoms with E-state index in [0.29, 0.717) is 28.6 Å². The molecule has 0 spiro atoms. The number of benzene rings is 3. The largest absolute Gasteiger partial charge is 0.497 e. The van der Waals surface area contributed by atoms with Crippen LogP contribution in [0.3, 0.4) is 0 Å². The summed E-state index contributed by atoms with van der Waals surface area (Å²) < 4.78 is 44.5. The summed E-state index contributed by atoms with van der Waals surface area (Å²) in [5, 5.41) is 2.80. The van der Waals surface area contributed by atoms with E-state index in [0.717, 1.165) is 5.56 Å². The van der Waals surface area contributed by atoms with Gasteiger partial charge in [-0.25, -0.2) is 8.42 Å². The normalized spacial score (nSPS) is 15.2. The van der Waals surface area contributed by atoms with Gasteiger partial charge in [-0.15, -0.1) is 0 Å². The summed E-state index contributed by atoms with van der Waals surface area (Å²) in [6.45, 7) is 1.71. The molecule has 1 heterocycles. The Kier molecular flexibility index (Phi) is 6.15. The highest BCUT2D eigenvalue weighted by atomic mass is 32.2. The molecular weight excluding hydrogens is 444 g/mol. The molecule has 4 rings (SSSR count). The number of para-hydroxylation sites is 2. The Morgan fingerprint density at radius 2 is 1.76 bits per heavy atom. The number of aryl methyl sites for hydroxylation is 1. The first-order valence-electron chi connectivity index (χ1n) is 10.2. The van der Waals surface area contributed by atoms with Gasteiger partial charge < -0.3 is 19.5 Å². The number of carbonyl (C=O) groups excluding carboxylic acids is 1. The number of methoxy groups -OCH3 is 2. The first-order valence-corrected chi connectivity index (χ1v) is 11.7. The summed E-state index contributed by atoms with van der Waals surface area (Å²) in [5.74, 6) is 0.856. The standard InChI is InChI=1S/C24H24N2O6S/c1-16-8-13-21(31-3)19(14-16)25-24(27)23-15-26(20-6-4-5-7-22(20)32-23)33(28,29)18-11-9-17(30-2)10-12-18/h4-14,23H,15H2,1-3H3,(H,25,27)/t23-/m1/s1. The van der Waals surface area contributed by atoms with Gasteiger partial charge in [-0.3, -0.25) is 9.10 Å². The average molecular weight is 469 g/mol. The van der Waals surface area contributed by atoms with Gasteiger partial charge in [0.15, 0.2) is 6.10 Å². The highest BCUT2D eigenvalue weighted by molar-refractivity contribution is 7.92. The monoisotopic (exact) mass is 468 g/mol. The van der Waals surface area contributed by atoms with Crippen LogP contribution in [0.5, 0.6) is 17.2 Å². The van der Waals surface area contributed by atoms with E-state index in [1.807, 2.05) is 13.0 Å². The molecule has 0 bridgehead atoms. The van der Waals surface area contributed by atoms with E-state index in [-0.39, 0.29) is 11.4 Å². The van der Waals surface area contributed by atoms with E-state index < -0.39 is 22.0 Å². The lowest BCUT2D eigenvalue weighted by Gasteiger charge is -2.34. The average Bonchev–Trinajstić information content (AvgIpc) is 2.83. The number of ether oxygens (including phenoxy) is 3. The molecule has 0 unspecified atom stereocenters. The molecule has 33 heavy (non-hydrogen) atoms. The second kappa shape index (κ2) is 9.03. The van der Waals surface area contributed by atoms with Gasteiger partial charge in [0.2, 0.25) is 0 Å². The number of anilines is 2. The molecule has 0 aliphatic carbocycles. The van der Waals surface area contributed by atoms with Crippen LogP contribution >= 0.6 is 0 Å². The lowest BCUT2D eigenvalue weighted by Crippen LogP contribution is -2.48. The summed E-state index contributed by atoms with van der Waals surface area (Å²) in [5.41, 5.74) is 1.78. The van der Waals surface area contributed by atoms with Crippen LogP contribution in [0.4, 0.5) is 11.4 Å². The number of nitrogens with zero attached hydrogens (tertiary/aromatic N) is 1. The molecule has 3 aromatic carbocycles. The quantitative estimate of drug-likeness (QED) is 0.594. The highest BCUT2D eigenvalue weighted by Gasteiger charge is 2.37. The van der Waals surface area contributed by atoms with Gasteiger partial charge in [-0.2, -0.15) is 0 Å². The lowest BCUT2D eigenvalue weighted by atomic mass is 10.2. The molecule has 3 aromatic rings. The van der Waals surface area contributed by atoms with E-state index in [1.165, 1.54) is 30.7 Å². The van der Waals surface area contributed by atoms with Crippen molar-refractivity contribution in [2.45, 2.75) is 17.9 Å². The first-order chi connectivity index (χ1) is 15.8. The highest BCUT2D eigenvalue weighted by Crippen LogP contribution is 2.37. The Hall–Kier alpha value is -3.72. The van der Waals surface area contributed by atoms with E-state index >= 15 is 0 Å². The van der Waals surface area contributed by atoms with Crippen LogP contribution in [0.1, 0.15) is 5.56 Å². The third kappa shape index (κ3) is 4.45. The minimum Gasteiger partial charge on any atom is -0.497 e. The van der Waals surface area contributed by atoms with Gasteiger partial charge in [-0.1, -0.05) is 18.2 Å². The zero-order valence-electron chi connectivity index (χ0n) is 18.4. The van der Waals surface area contributed by atoms with E-state index in [9.17, 15) is 13.2 Å². The van der Waals surface area contributed by atoms with Crippen LogP contribution in [0.25, 0.3) is 0 Å². The molecule has 0 radical (unpaired) electrons. The molecule has 1 N–H and O–H groups in total. The summed E-state index contributed by atoms with van der Waals surface area (Å²) in [6.07, 6.45) is -1.07. The van der Waals surface area contributed by atoms with Crippen molar-refractivity contribution in [3.05, 3.63) is 72.3 Å². The molecule has 0 fully saturated rings. The Labute approximate surface area is 192 Å². The van der Waals surface area contributed by atoms with Crippen LogP contribution in [-0.4, -0.2) is 41.2 Å². The maximum Gasteiger partial charge on any atom is 0.267 e. The van der Waals surface area contributed by atoms with Crippen LogP contribution in [0.15, 0.2) is 71.6 Å². The van der Waals surface area contributed by atoms with Crippen LogP contribution in [-0.2, 0) is 14.8 Å². The van der Waals surface area contributed by atoms with E-state index in [1.54, 1.807) is 48.5 Å². The fraction of sp³-hybridized carbons (Fsp3) is 0.208. The van der Waals surface area contributed by atoms with Crippen molar-refractivity contribution in [2.24, 2.45) is 0 Å². The molecule has 0 aromatic heterocycles. The van der Waals surface area contributed by atoms with Crippen molar-refractivity contribution in [1.82, 2.24) is 0 Å². The zero-order chi connectivity index (χ0) is 23.6. The third-order valence-corrected chi connectivity index (χ3v) is 7.08. The van der Waals surface area contributed by atoms with E-state index in [4.69, 9.17) is 14.2 Å². The molecular formula is C24H24N2O6S. The van der Waals surface area contributed by atoms with Crippen molar-refractivity contribution in [2.75, 3.05) is 30.4 Å². The van der Waals surface area contributed by atoms with Crippen molar-refractivity contribution in [3.8, 4) is 17.2 Å². The van der Waals surface area contributed by atoms with Crippen molar-refractivity contribution < 1.29 is 27.4 Å². The summed E-state index contributed by atoms with van der Waals surface area (Å²) in [6, 6.07) is 18.2. The van der Waals surface area contributed by atoms with E-state index in [2.05, 4.69) is 5.32 Å². The topological polar surface area (TPSA) is 94.2 Å². The number of hydrogen-bond acceptors (Lipinski definition) is 6.